The summed E-state index contributed by atoms with van der Waals surface area (Å²) in [6, 6.07) is 0. The first kappa shape index (κ1) is 10.6. The molecule has 0 nitrogen and oxygen atoms in total. The number of hydrogen-bond acceptors (Lipinski definition) is 0. The molecule has 0 N–H and O–H groups in total. The lowest BCUT2D eigenvalue weighted by atomic mass is 9.76. The van der Waals surface area contributed by atoms with E-state index in [1.165, 1.54) is 32.1 Å². The predicted octanol–water partition coefficient (Wildman–Crippen LogP) is 4.38. The molecule has 2 atom stereocenters. The standard InChI is InChI=1S/C11H21Br/c1-11(2,3)9-5-4-6-10(12)8-7-9/h9-10H,4-8H2,1-3H3. The fourth-order valence-corrected chi connectivity index (χ4v) is 2.71. The van der Waals surface area contributed by atoms with Crippen molar-refractivity contribution in [1.82, 2.24) is 0 Å². The van der Waals surface area contributed by atoms with Gasteiger partial charge in [0.15, 0.2) is 0 Å². The van der Waals surface area contributed by atoms with Gasteiger partial charge in [-0.1, -0.05) is 43.1 Å². The Morgan fingerprint density at radius 1 is 1.00 bits per heavy atom. The monoisotopic (exact) mass is 232 g/mol. The van der Waals surface area contributed by atoms with E-state index in [0.29, 0.717) is 5.41 Å². The molecule has 0 saturated heterocycles. The van der Waals surface area contributed by atoms with Gasteiger partial charge < -0.3 is 0 Å². The summed E-state index contributed by atoms with van der Waals surface area (Å²) in [5, 5.41) is 0. The van der Waals surface area contributed by atoms with E-state index in [1.807, 2.05) is 0 Å². The third-order valence-electron chi connectivity index (χ3n) is 3.12. The Labute approximate surface area is 85.3 Å². The van der Waals surface area contributed by atoms with Crippen molar-refractivity contribution in [3.05, 3.63) is 0 Å². The summed E-state index contributed by atoms with van der Waals surface area (Å²) in [5.41, 5.74) is 0.525. The van der Waals surface area contributed by atoms with Crippen LogP contribution in [0.4, 0.5) is 0 Å². The van der Waals surface area contributed by atoms with Crippen LogP contribution in [-0.4, -0.2) is 4.83 Å². The molecule has 0 spiro atoms. The van der Waals surface area contributed by atoms with Crippen LogP contribution in [0.2, 0.25) is 0 Å². The van der Waals surface area contributed by atoms with E-state index in [-0.39, 0.29) is 0 Å². The van der Waals surface area contributed by atoms with Gasteiger partial charge >= 0.3 is 0 Å². The summed E-state index contributed by atoms with van der Waals surface area (Å²) >= 11 is 3.73. The summed E-state index contributed by atoms with van der Waals surface area (Å²) in [6.45, 7) is 7.14. The SMILES string of the molecule is CC(C)(C)C1CCCC(Br)CC1. The van der Waals surface area contributed by atoms with Crippen molar-refractivity contribution in [2.45, 2.75) is 57.7 Å². The summed E-state index contributed by atoms with van der Waals surface area (Å²) < 4.78 is 0. The molecule has 0 bridgehead atoms. The lowest BCUT2D eigenvalue weighted by Crippen LogP contribution is -2.19. The summed E-state index contributed by atoms with van der Waals surface area (Å²) in [5.74, 6) is 0.944. The summed E-state index contributed by atoms with van der Waals surface area (Å²) in [4.78, 5) is 0.796. The zero-order valence-electron chi connectivity index (χ0n) is 8.57. The zero-order chi connectivity index (χ0) is 9.19. The van der Waals surface area contributed by atoms with Gasteiger partial charge in [-0.3, -0.25) is 0 Å². The fraction of sp³-hybridized carbons (Fsp3) is 1.00. The second kappa shape index (κ2) is 4.13. The van der Waals surface area contributed by atoms with E-state index in [9.17, 15) is 0 Å². The molecule has 1 aliphatic rings. The summed E-state index contributed by atoms with van der Waals surface area (Å²) in [7, 11) is 0. The van der Waals surface area contributed by atoms with Gasteiger partial charge in [-0.05, 0) is 37.0 Å². The van der Waals surface area contributed by atoms with Crippen molar-refractivity contribution in [3.63, 3.8) is 0 Å². The van der Waals surface area contributed by atoms with Crippen LogP contribution < -0.4 is 0 Å². The van der Waals surface area contributed by atoms with Crippen molar-refractivity contribution in [1.29, 1.82) is 0 Å². The van der Waals surface area contributed by atoms with Crippen molar-refractivity contribution in [2.24, 2.45) is 11.3 Å². The highest BCUT2D eigenvalue weighted by atomic mass is 79.9. The molecular formula is C11H21Br. The average Bonchev–Trinajstić information content (AvgIpc) is 2.11. The molecule has 0 aromatic rings. The molecule has 1 saturated carbocycles. The molecule has 0 amide bonds. The van der Waals surface area contributed by atoms with Crippen LogP contribution in [0.25, 0.3) is 0 Å². The maximum absolute atomic E-state index is 3.73. The van der Waals surface area contributed by atoms with Crippen LogP contribution in [-0.2, 0) is 0 Å². The van der Waals surface area contributed by atoms with Crippen LogP contribution >= 0.6 is 15.9 Å². The summed E-state index contributed by atoms with van der Waals surface area (Å²) in [6.07, 6.45) is 7.03. The van der Waals surface area contributed by atoms with E-state index < -0.39 is 0 Å². The lowest BCUT2D eigenvalue weighted by molar-refractivity contribution is 0.215. The lowest BCUT2D eigenvalue weighted by Gasteiger charge is -2.29. The van der Waals surface area contributed by atoms with Crippen LogP contribution in [0.15, 0.2) is 0 Å². The molecule has 0 aromatic heterocycles. The first-order chi connectivity index (χ1) is 5.50. The Kier molecular flexibility index (Phi) is 3.63. The molecule has 12 heavy (non-hydrogen) atoms. The quantitative estimate of drug-likeness (QED) is 0.430. The van der Waals surface area contributed by atoms with Gasteiger partial charge in [0, 0.05) is 4.83 Å². The van der Waals surface area contributed by atoms with Crippen LogP contribution in [0.1, 0.15) is 52.9 Å². The molecule has 0 aromatic carbocycles. The van der Waals surface area contributed by atoms with Gasteiger partial charge in [0.05, 0.1) is 0 Å². The maximum Gasteiger partial charge on any atom is 0.0145 e. The number of hydrogen-bond donors (Lipinski definition) is 0. The Bertz CT molecular complexity index is 134. The third-order valence-corrected chi connectivity index (χ3v) is 4.04. The number of alkyl halides is 1. The molecule has 1 heteroatoms. The largest absolute Gasteiger partial charge is 0.0891 e. The van der Waals surface area contributed by atoms with Crippen molar-refractivity contribution >= 4 is 15.9 Å². The van der Waals surface area contributed by atoms with Gasteiger partial charge in [-0.15, -0.1) is 0 Å². The Hall–Kier alpha value is 0.480. The smallest absolute Gasteiger partial charge is 0.0145 e. The first-order valence-corrected chi connectivity index (χ1v) is 6.06. The van der Waals surface area contributed by atoms with E-state index in [1.54, 1.807) is 0 Å². The maximum atomic E-state index is 3.73. The molecule has 0 aliphatic heterocycles. The Balaban J connectivity index is 2.46. The van der Waals surface area contributed by atoms with E-state index in [0.717, 1.165) is 10.7 Å². The van der Waals surface area contributed by atoms with Gasteiger partial charge in [-0.25, -0.2) is 0 Å². The minimum absolute atomic E-state index is 0.525. The third kappa shape index (κ3) is 3.08. The molecule has 0 heterocycles. The molecule has 2 unspecified atom stereocenters. The van der Waals surface area contributed by atoms with Crippen molar-refractivity contribution in [3.8, 4) is 0 Å². The number of rotatable bonds is 0. The van der Waals surface area contributed by atoms with Gasteiger partial charge in [0.2, 0.25) is 0 Å². The minimum Gasteiger partial charge on any atom is -0.0891 e. The van der Waals surface area contributed by atoms with Crippen LogP contribution in [0, 0.1) is 11.3 Å². The van der Waals surface area contributed by atoms with E-state index in [2.05, 4.69) is 36.7 Å². The minimum atomic E-state index is 0.525. The van der Waals surface area contributed by atoms with Crippen molar-refractivity contribution < 1.29 is 0 Å². The van der Waals surface area contributed by atoms with E-state index in [4.69, 9.17) is 0 Å². The zero-order valence-corrected chi connectivity index (χ0v) is 10.2. The van der Waals surface area contributed by atoms with E-state index >= 15 is 0 Å². The predicted molar refractivity (Wildman–Crippen MR) is 58.7 cm³/mol. The highest BCUT2D eigenvalue weighted by molar-refractivity contribution is 9.09. The number of halogens is 1. The van der Waals surface area contributed by atoms with Crippen molar-refractivity contribution in [2.75, 3.05) is 0 Å². The second-order valence-corrected chi connectivity index (χ2v) is 6.46. The molecular weight excluding hydrogens is 212 g/mol. The van der Waals surface area contributed by atoms with Gasteiger partial charge in [-0.2, -0.15) is 0 Å². The van der Waals surface area contributed by atoms with Crippen LogP contribution in [0.5, 0.6) is 0 Å². The average molecular weight is 233 g/mol. The molecule has 1 rings (SSSR count). The van der Waals surface area contributed by atoms with Gasteiger partial charge in [0.25, 0.3) is 0 Å². The molecule has 1 aliphatic carbocycles. The highest BCUT2D eigenvalue weighted by Crippen LogP contribution is 2.38. The normalized spacial score (nSPS) is 33.0. The van der Waals surface area contributed by atoms with Crippen LogP contribution in [0.3, 0.4) is 0 Å². The molecule has 72 valence electrons. The second-order valence-electron chi connectivity index (χ2n) is 5.17. The Morgan fingerprint density at radius 3 is 2.25 bits per heavy atom. The fourth-order valence-electron chi connectivity index (χ4n) is 2.12. The van der Waals surface area contributed by atoms with Gasteiger partial charge in [0.1, 0.15) is 0 Å². The Morgan fingerprint density at radius 2 is 1.67 bits per heavy atom. The first-order valence-electron chi connectivity index (χ1n) is 5.14. The topological polar surface area (TPSA) is 0 Å². The highest BCUT2D eigenvalue weighted by Gasteiger charge is 2.26. The molecule has 0 radical (unpaired) electrons. The molecule has 1 fully saturated rings.